The first kappa shape index (κ1) is 15.8. The van der Waals surface area contributed by atoms with Gasteiger partial charge in [-0.1, -0.05) is 56.6 Å². The highest BCUT2D eigenvalue weighted by Crippen LogP contribution is 2.40. The van der Waals surface area contributed by atoms with Crippen LogP contribution in [0, 0.1) is 23.7 Å². The molecule has 0 aromatic heterocycles. The summed E-state index contributed by atoms with van der Waals surface area (Å²) in [5.74, 6) is 2.15. The highest BCUT2D eigenvalue weighted by molar-refractivity contribution is 5.34. The Morgan fingerprint density at radius 1 is 1.00 bits per heavy atom. The van der Waals surface area contributed by atoms with Gasteiger partial charge in [-0.15, -0.1) is 0 Å². The molecular formula is C21H29F. The molecule has 0 aromatic carbocycles. The Labute approximate surface area is 134 Å². The molecule has 3 aliphatic rings. The third kappa shape index (κ3) is 3.62. The number of halogens is 1. The summed E-state index contributed by atoms with van der Waals surface area (Å²) in [6, 6.07) is 0. The van der Waals surface area contributed by atoms with Gasteiger partial charge in [-0.05, 0) is 61.5 Å². The van der Waals surface area contributed by atoms with Crippen molar-refractivity contribution in [2.45, 2.75) is 58.8 Å². The fourth-order valence-corrected chi connectivity index (χ4v) is 4.11. The SMILES string of the molecule is CC1C=CCC(C2CC=C(C3CCC(C)CC3)C=C2F)=CC1. The minimum Gasteiger partial charge on any atom is -0.211 e. The molecular weight excluding hydrogens is 271 g/mol. The molecule has 0 nitrogen and oxygen atoms in total. The number of hydrogen-bond donors (Lipinski definition) is 0. The lowest BCUT2D eigenvalue weighted by Gasteiger charge is -2.30. The van der Waals surface area contributed by atoms with Crippen LogP contribution in [-0.2, 0) is 0 Å². The third-order valence-electron chi connectivity index (χ3n) is 5.73. The average Bonchev–Trinajstić information content (AvgIpc) is 2.73. The van der Waals surface area contributed by atoms with Crippen LogP contribution in [0.15, 0.2) is 47.4 Å². The summed E-state index contributed by atoms with van der Waals surface area (Å²) in [6.07, 6.45) is 18.9. The van der Waals surface area contributed by atoms with Gasteiger partial charge in [0.1, 0.15) is 5.83 Å². The molecule has 0 N–H and O–H groups in total. The van der Waals surface area contributed by atoms with Gasteiger partial charge < -0.3 is 0 Å². The molecule has 2 unspecified atom stereocenters. The lowest BCUT2D eigenvalue weighted by molar-refractivity contribution is 0.320. The molecule has 2 atom stereocenters. The second-order valence-corrected chi connectivity index (χ2v) is 7.60. The normalized spacial score (nSPS) is 36.2. The summed E-state index contributed by atoms with van der Waals surface area (Å²) < 4.78 is 14.7. The summed E-state index contributed by atoms with van der Waals surface area (Å²) in [5, 5.41) is 0. The van der Waals surface area contributed by atoms with Gasteiger partial charge in [0.2, 0.25) is 0 Å². The second kappa shape index (κ2) is 6.98. The van der Waals surface area contributed by atoms with Crippen LogP contribution in [0.3, 0.4) is 0 Å². The molecule has 0 aliphatic heterocycles. The molecule has 0 amide bonds. The lowest BCUT2D eigenvalue weighted by atomic mass is 9.76. The monoisotopic (exact) mass is 300 g/mol. The third-order valence-corrected chi connectivity index (χ3v) is 5.73. The Kier molecular flexibility index (Phi) is 5.00. The summed E-state index contributed by atoms with van der Waals surface area (Å²) >= 11 is 0. The van der Waals surface area contributed by atoms with Gasteiger partial charge in [0.15, 0.2) is 0 Å². The van der Waals surface area contributed by atoms with Crippen LogP contribution < -0.4 is 0 Å². The van der Waals surface area contributed by atoms with E-state index in [-0.39, 0.29) is 11.7 Å². The average molecular weight is 300 g/mol. The van der Waals surface area contributed by atoms with E-state index >= 15 is 0 Å². The van der Waals surface area contributed by atoms with E-state index in [0.29, 0.717) is 11.8 Å². The number of hydrogen-bond acceptors (Lipinski definition) is 0. The molecule has 0 bridgehead atoms. The number of rotatable bonds is 2. The number of allylic oxidation sites excluding steroid dienone is 8. The highest BCUT2D eigenvalue weighted by atomic mass is 19.1. The van der Waals surface area contributed by atoms with Crippen molar-refractivity contribution in [1.82, 2.24) is 0 Å². The Hall–Kier alpha value is -1.11. The van der Waals surface area contributed by atoms with Gasteiger partial charge in [0.05, 0.1) is 0 Å². The Balaban J connectivity index is 1.67. The smallest absolute Gasteiger partial charge is 0.108 e. The van der Waals surface area contributed by atoms with E-state index < -0.39 is 0 Å². The molecule has 1 heteroatoms. The van der Waals surface area contributed by atoms with Crippen LogP contribution in [0.5, 0.6) is 0 Å². The second-order valence-electron chi connectivity index (χ2n) is 7.60. The zero-order chi connectivity index (χ0) is 15.5. The van der Waals surface area contributed by atoms with Crippen LogP contribution in [0.4, 0.5) is 4.39 Å². The Morgan fingerprint density at radius 2 is 1.77 bits per heavy atom. The van der Waals surface area contributed by atoms with Crippen molar-refractivity contribution in [3.8, 4) is 0 Å². The summed E-state index contributed by atoms with van der Waals surface area (Å²) in [6.45, 7) is 4.57. The standard InChI is InChI=1S/C21H29F/c1-15-4-3-5-18(11-8-15)20-13-12-19(14-21(20)22)17-9-6-16(2)7-10-17/h3-4,11-12,14-17,20H,5-10,13H2,1-2H3. The van der Waals surface area contributed by atoms with Crippen LogP contribution in [-0.4, -0.2) is 0 Å². The van der Waals surface area contributed by atoms with Gasteiger partial charge >= 0.3 is 0 Å². The fourth-order valence-electron chi connectivity index (χ4n) is 4.11. The predicted molar refractivity (Wildman–Crippen MR) is 92.1 cm³/mol. The van der Waals surface area contributed by atoms with Crippen LogP contribution in [0.1, 0.15) is 58.8 Å². The Bertz CT molecular complexity index is 512. The molecule has 0 spiro atoms. The summed E-state index contributed by atoms with van der Waals surface area (Å²) in [5.41, 5.74) is 2.56. The van der Waals surface area contributed by atoms with Crippen molar-refractivity contribution < 1.29 is 4.39 Å². The van der Waals surface area contributed by atoms with Gasteiger partial charge in [-0.2, -0.15) is 0 Å². The molecule has 1 fully saturated rings. The van der Waals surface area contributed by atoms with E-state index in [9.17, 15) is 4.39 Å². The largest absolute Gasteiger partial charge is 0.211 e. The lowest BCUT2D eigenvalue weighted by Crippen LogP contribution is -2.17. The molecule has 1 saturated carbocycles. The van der Waals surface area contributed by atoms with Gasteiger partial charge in [0, 0.05) is 5.92 Å². The van der Waals surface area contributed by atoms with E-state index in [4.69, 9.17) is 0 Å². The van der Waals surface area contributed by atoms with Gasteiger partial charge in [-0.3, -0.25) is 0 Å². The van der Waals surface area contributed by atoms with Crippen molar-refractivity contribution in [2.24, 2.45) is 23.7 Å². The molecule has 0 radical (unpaired) electrons. The molecule has 3 rings (SSSR count). The van der Waals surface area contributed by atoms with Crippen LogP contribution in [0.25, 0.3) is 0 Å². The topological polar surface area (TPSA) is 0 Å². The van der Waals surface area contributed by atoms with Crippen molar-refractivity contribution in [2.75, 3.05) is 0 Å². The van der Waals surface area contributed by atoms with Crippen molar-refractivity contribution >= 4 is 0 Å². The highest BCUT2D eigenvalue weighted by Gasteiger charge is 2.27. The van der Waals surface area contributed by atoms with E-state index in [1.165, 1.54) is 36.8 Å². The minimum absolute atomic E-state index is 0.00112. The van der Waals surface area contributed by atoms with E-state index in [0.717, 1.165) is 25.2 Å². The zero-order valence-corrected chi connectivity index (χ0v) is 14.0. The van der Waals surface area contributed by atoms with Gasteiger partial charge in [-0.25, -0.2) is 4.39 Å². The maximum absolute atomic E-state index is 14.7. The summed E-state index contributed by atoms with van der Waals surface area (Å²) in [7, 11) is 0. The summed E-state index contributed by atoms with van der Waals surface area (Å²) in [4.78, 5) is 0. The van der Waals surface area contributed by atoms with Crippen molar-refractivity contribution in [1.29, 1.82) is 0 Å². The molecule has 0 heterocycles. The van der Waals surface area contributed by atoms with Crippen LogP contribution in [0.2, 0.25) is 0 Å². The first-order valence-corrected chi connectivity index (χ1v) is 9.06. The van der Waals surface area contributed by atoms with E-state index in [2.05, 4.69) is 38.2 Å². The first-order chi connectivity index (χ1) is 10.6. The molecule has 3 aliphatic carbocycles. The van der Waals surface area contributed by atoms with Crippen molar-refractivity contribution in [3.05, 3.63) is 47.4 Å². The fraction of sp³-hybridized carbons (Fsp3) is 0.619. The maximum atomic E-state index is 14.7. The Morgan fingerprint density at radius 3 is 2.50 bits per heavy atom. The van der Waals surface area contributed by atoms with E-state index in [1.807, 2.05) is 6.08 Å². The quantitative estimate of drug-likeness (QED) is 0.509. The van der Waals surface area contributed by atoms with Gasteiger partial charge in [0.25, 0.3) is 0 Å². The zero-order valence-electron chi connectivity index (χ0n) is 14.0. The molecule has 0 aromatic rings. The maximum Gasteiger partial charge on any atom is 0.108 e. The predicted octanol–water partition coefficient (Wildman–Crippen LogP) is 6.52. The van der Waals surface area contributed by atoms with E-state index in [1.54, 1.807) is 0 Å². The van der Waals surface area contributed by atoms with Crippen LogP contribution >= 0.6 is 0 Å². The van der Waals surface area contributed by atoms with Crippen molar-refractivity contribution in [3.63, 3.8) is 0 Å². The molecule has 22 heavy (non-hydrogen) atoms. The first-order valence-electron chi connectivity index (χ1n) is 9.06. The minimum atomic E-state index is 0.00112. The molecule has 0 saturated heterocycles. The molecule has 120 valence electrons.